The molecule has 1 amide bonds. The molecular weight excluding hydrogens is 326 g/mol. The van der Waals surface area contributed by atoms with Crippen LogP contribution in [-0.2, 0) is 11.2 Å². The van der Waals surface area contributed by atoms with E-state index in [1.165, 1.54) is 0 Å². The summed E-state index contributed by atoms with van der Waals surface area (Å²) in [5.74, 6) is 1.18. The van der Waals surface area contributed by atoms with Crippen LogP contribution in [-0.4, -0.2) is 20.1 Å². The van der Waals surface area contributed by atoms with Crippen molar-refractivity contribution < 1.29 is 14.3 Å². The minimum Gasteiger partial charge on any atom is -0.493 e. The van der Waals surface area contributed by atoms with E-state index in [4.69, 9.17) is 9.47 Å². The van der Waals surface area contributed by atoms with Crippen LogP contribution in [0.3, 0.4) is 0 Å². The predicted molar refractivity (Wildman–Crippen MR) is 104 cm³/mol. The van der Waals surface area contributed by atoms with Crippen molar-refractivity contribution >= 4 is 11.6 Å². The van der Waals surface area contributed by atoms with Crippen LogP contribution in [0.15, 0.2) is 72.8 Å². The van der Waals surface area contributed by atoms with Gasteiger partial charge >= 0.3 is 0 Å². The van der Waals surface area contributed by atoms with Gasteiger partial charge in [-0.1, -0.05) is 48.5 Å². The van der Waals surface area contributed by atoms with Gasteiger partial charge in [0.1, 0.15) is 0 Å². The van der Waals surface area contributed by atoms with Crippen molar-refractivity contribution in [2.24, 2.45) is 0 Å². The Morgan fingerprint density at radius 1 is 0.808 bits per heavy atom. The lowest BCUT2D eigenvalue weighted by Gasteiger charge is -2.10. The van der Waals surface area contributed by atoms with E-state index in [2.05, 4.69) is 17.4 Å². The summed E-state index contributed by atoms with van der Waals surface area (Å²) in [4.78, 5) is 12.3. The average molecular weight is 347 g/mol. The van der Waals surface area contributed by atoms with Crippen LogP contribution in [0.5, 0.6) is 11.5 Å². The van der Waals surface area contributed by atoms with Gasteiger partial charge in [-0.05, 0) is 41.0 Å². The molecule has 0 saturated carbocycles. The fraction of sp³-hybridized carbons (Fsp3) is 0.136. The third-order valence-electron chi connectivity index (χ3n) is 4.09. The monoisotopic (exact) mass is 347 g/mol. The molecule has 0 atom stereocenters. The molecule has 0 bridgehead atoms. The minimum atomic E-state index is -0.0790. The Bertz CT molecular complexity index is 874. The van der Waals surface area contributed by atoms with Crippen molar-refractivity contribution in [3.63, 3.8) is 0 Å². The number of amides is 1. The van der Waals surface area contributed by atoms with Crippen LogP contribution in [0, 0.1) is 0 Å². The summed E-state index contributed by atoms with van der Waals surface area (Å²) < 4.78 is 10.5. The Hall–Kier alpha value is -3.27. The Morgan fingerprint density at radius 2 is 1.46 bits per heavy atom. The largest absolute Gasteiger partial charge is 0.493 e. The van der Waals surface area contributed by atoms with E-state index >= 15 is 0 Å². The lowest BCUT2D eigenvalue weighted by Crippen LogP contribution is -2.14. The van der Waals surface area contributed by atoms with E-state index in [-0.39, 0.29) is 12.3 Å². The lowest BCUT2D eigenvalue weighted by atomic mass is 10.1. The van der Waals surface area contributed by atoms with E-state index in [9.17, 15) is 4.79 Å². The third kappa shape index (κ3) is 4.22. The highest BCUT2D eigenvalue weighted by molar-refractivity contribution is 5.92. The Kier molecular flexibility index (Phi) is 5.54. The molecule has 0 aliphatic heterocycles. The van der Waals surface area contributed by atoms with E-state index in [0.717, 1.165) is 22.4 Å². The molecule has 0 heterocycles. The second-order valence-corrected chi connectivity index (χ2v) is 5.86. The summed E-state index contributed by atoms with van der Waals surface area (Å²) in [5.41, 5.74) is 3.90. The summed E-state index contributed by atoms with van der Waals surface area (Å²) in [5, 5.41) is 2.92. The topological polar surface area (TPSA) is 47.6 Å². The molecule has 0 saturated heterocycles. The predicted octanol–water partition coefficient (Wildman–Crippen LogP) is 4.55. The maximum atomic E-state index is 12.3. The van der Waals surface area contributed by atoms with Gasteiger partial charge in [0, 0.05) is 5.69 Å². The van der Waals surface area contributed by atoms with Crippen molar-refractivity contribution in [1.82, 2.24) is 0 Å². The first-order valence-corrected chi connectivity index (χ1v) is 8.36. The number of carbonyl (C=O) groups is 1. The van der Waals surface area contributed by atoms with Crippen molar-refractivity contribution in [2.75, 3.05) is 19.5 Å². The highest BCUT2D eigenvalue weighted by Crippen LogP contribution is 2.28. The van der Waals surface area contributed by atoms with Gasteiger partial charge in [0.25, 0.3) is 0 Å². The zero-order valence-electron chi connectivity index (χ0n) is 14.9. The summed E-state index contributed by atoms with van der Waals surface area (Å²) in [7, 11) is 3.17. The SMILES string of the molecule is COc1ccc(CC(=O)Nc2ccc(-c3ccccc3)cc2)cc1OC. The van der Waals surface area contributed by atoms with Crippen molar-refractivity contribution in [3.8, 4) is 22.6 Å². The number of hydrogen-bond donors (Lipinski definition) is 1. The van der Waals surface area contributed by atoms with Crippen molar-refractivity contribution in [3.05, 3.63) is 78.4 Å². The van der Waals surface area contributed by atoms with E-state index in [0.29, 0.717) is 11.5 Å². The van der Waals surface area contributed by atoms with Gasteiger partial charge in [0.2, 0.25) is 5.91 Å². The maximum Gasteiger partial charge on any atom is 0.228 e. The molecular formula is C22H21NO3. The molecule has 3 rings (SSSR count). The normalized spacial score (nSPS) is 10.2. The van der Waals surface area contributed by atoms with Gasteiger partial charge in [0.15, 0.2) is 11.5 Å². The smallest absolute Gasteiger partial charge is 0.228 e. The molecule has 0 radical (unpaired) electrons. The molecule has 0 fully saturated rings. The zero-order valence-corrected chi connectivity index (χ0v) is 14.9. The highest BCUT2D eigenvalue weighted by Gasteiger charge is 2.09. The van der Waals surface area contributed by atoms with Crippen LogP contribution in [0.4, 0.5) is 5.69 Å². The third-order valence-corrected chi connectivity index (χ3v) is 4.09. The Balaban J connectivity index is 1.65. The summed E-state index contributed by atoms with van der Waals surface area (Å²) >= 11 is 0. The van der Waals surface area contributed by atoms with Crippen molar-refractivity contribution in [2.45, 2.75) is 6.42 Å². The number of ether oxygens (including phenoxy) is 2. The van der Waals surface area contributed by atoms with Crippen molar-refractivity contribution in [1.29, 1.82) is 0 Å². The van der Waals surface area contributed by atoms with E-state index in [1.807, 2.05) is 54.6 Å². The first-order chi connectivity index (χ1) is 12.7. The molecule has 3 aromatic rings. The number of nitrogens with one attached hydrogen (secondary N) is 1. The molecule has 4 nitrogen and oxygen atoms in total. The fourth-order valence-electron chi connectivity index (χ4n) is 2.76. The number of hydrogen-bond acceptors (Lipinski definition) is 3. The van der Waals surface area contributed by atoms with Crippen LogP contribution < -0.4 is 14.8 Å². The standard InChI is InChI=1S/C22H21NO3/c1-25-20-13-8-16(14-21(20)26-2)15-22(24)23-19-11-9-18(10-12-19)17-6-4-3-5-7-17/h3-14H,15H2,1-2H3,(H,23,24). The second kappa shape index (κ2) is 8.21. The summed E-state index contributed by atoms with van der Waals surface area (Å²) in [6.07, 6.45) is 0.265. The fourth-order valence-corrected chi connectivity index (χ4v) is 2.76. The molecule has 0 spiro atoms. The Morgan fingerprint density at radius 3 is 2.12 bits per heavy atom. The highest BCUT2D eigenvalue weighted by atomic mass is 16.5. The summed E-state index contributed by atoms with van der Waals surface area (Å²) in [6.45, 7) is 0. The van der Waals surface area contributed by atoms with Crippen LogP contribution >= 0.6 is 0 Å². The Labute approximate surface area is 153 Å². The van der Waals surface area contributed by atoms with Crippen LogP contribution in [0.2, 0.25) is 0 Å². The molecule has 0 aliphatic rings. The van der Waals surface area contributed by atoms with Crippen LogP contribution in [0.25, 0.3) is 11.1 Å². The van der Waals surface area contributed by atoms with Gasteiger partial charge in [-0.25, -0.2) is 0 Å². The summed E-state index contributed by atoms with van der Waals surface area (Å²) in [6, 6.07) is 23.4. The molecule has 1 N–H and O–H groups in total. The number of rotatable bonds is 6. The number of carbonyl (C=O) groups excluding carboxylic acids is 1. The van der Waals surface area contributed by atoms with Gasteiger partial charge in [0.05, 0.1) is 20.6 Å². The van der Waals surface area contributed by atoms with E-state index < -0.39 is 0 Å². The maximum absolute atomic E-state index is 12.3. The molecule has 0 aromatic heterocycles. The minimum absolute atomic E-state index is 0.0790. The molecule has 3 aromatic carbocycles. The first kappa shape index (κ1) is 17.5. The van der Waals surface area contributed by atoms with Crippen LogP contribution in [0.1, 0.15) is 5.56 Å². The number of methoxy groups -OCH3 is 2. The second-order valence-electron chi connectivity index (χ2n) is 5.86. The zero-order chi connectivity index (χ0) is 18.4. The van der Waals surface area contributed by atoms with Gasteiger partial charge in [-0.3, -0.25) is 4.79 Å². The van der Waals surface area contributed by atoms with Gasteiger partial charge in [-0.15, -0.1) is 0 Å². The first-order valence-electron chi connectivity index (χ1n) is 8.36. The molecule has 132 valence electrons. The number of anilines is 1. The molecule has 26 heavy (non-hydrogen) atoms. The average Bonchev–Trinajstić information content (AvgIpc) is 2.69. The molecule has 4 heteroatoms. The van der Waals surface area contributed by atoms with E-state index in [1.54, 1.807) is 20.3 Å². The van der Waals surface area contributed by atoms with Gasteiger partial charge < -0.3 is 14.8 Å². The molecule has 0 aliphatic carbocycles. The quantitative estimate of drug-likeness (QED) is 0.711. The molecule has 0 unspecified atom stereocenters. The number of benzene rings is 3. The van der Waals surface area contributed by atoms with Gasteiger partial charge in [-0.2, -0.15) is 0 Å². The lowest BCUT2D eigenvalue weighted by molar-refractivity contribution is -0.115.